The number of allylic oxidation sites excluding steroid dienone is 5. The predicted molar refractivity (Wildman–Crippen MR) is 48.0 cm³/mol. The fraction of sp³-hybridized carbons (Fsp3) is 0.200. The Morgan fingerprint density at radius 2 is 2.23 bits per heavy atom. The van der Waals surface area contributed by atoms with E-state index in [9.17, 15) is 9.18 Å². The highest BCUT2D eigenvalue weighted by Crippen LogP contribution is 2.25. The van der Waals surface area contributed by atoms with E-state index in [-0.39, 0.29) is 17.7 Å². The zero-order chi connectivity index (χ0) is 9.42. The molecule has 1 atom stereocenters. The van der Waals surface area contributed by atoms with Gasteiger partial charge in [0.25, 0.3) is 5.91 Å². The van der Waals surface area contributed by atoms with Gasteiger partial charge >= 0.3 is 0 Å². The Morgan fingerprint density at radius 3 is 3.00 bits per heavy atom. The van der Waals surface area contributed by atoms with Crippen LogP contribution in [0.1, 0.15) is 6.92 Å². The fourth-order valence-corrected chi connectivity index (χ4v) is 1.48. The van der Waals surface area contributed by atoms with Gasteiger partial charge in [-0.05, 0) is 25.2 Å². The minimum atomic E-state index is -0.272. The van der Waals surface area contributed by atoms with Crippen LogP contribution in [0.3, 0.4) is 0 Å². The Hall–Kier alpha value is -1.51. The molecule has 0 bridgehead atoms. The van der Waals surface area contributed by atoms with Gasteiger partial charge in [-0.3, -0.25) is 4.79 Å². The van der Waals surface area contributed by atoms with E-state index in [0.29, 0.717) is 5.71 Å². The van der Waals surface area contributed by atoms with E-state index >= 15 is 0 Å². The summed E-state index contributed by atoms with van der Waals surface area (Å²) < 4.78 is 12.8. The van der Waals surface area contributed by atoms with Crippen LogP contribution in [0, 0.1) is 5.92 Å². The molecule has 66 valence electrons. The van der Waals surface area contributed by atoms with Crippen molar-refractivity contribution >= 4 is 11.6 Å². The third kappa shape index (κ3) is 1.37. The average Bonchev–Trinajstić information content (AvgIpc) is 2.06. The van der Waals surface area contributed by atoms with Gasteiger partial charge in [-0.15, -0.1) is 0 Å². The molecular formula is C10H8FNO. The summed E-state index contributed by atoms with van der Waals surface area (Å²) in [7, 11) is 0. The molecule has 2 aliphatic rings. The lowest BCUT2D eigenvalue weighted by Crippen LogP contribution is -2.20. The monoisotopic (exact) mass is 177 g/mol. The number of carbonyl (C=O) groups is 1. The second-order valence-corrected chi connectivity index (χ2v) is 3.13. The highest BCUT2D eigenvalue weighted by Gasteiger charge is 2.22. The molecule has 2 rings (SSSR count). The first-order valence-electron chi connectivity index (χ1n) is 4.03. The van der Waals surface area contributed by atoms with Crippen LogP contribution in [0.4, 0.5) is 4.39 Å². The highest BCUT2D eigenvalue weighted by atomic mass is 19.1. The van der Waals surface area contributed by atoms with E-state index in [1.807, 2.05) is 0 Å². The molecule has 13 heavy (non-hydrogen) atoms. The predicted octanol–water partition coefficient (Wildman–Crippen LogP) is 1.95. The topological polar surface area (TPSA) is 29.4 Å². The number of dihydropyridines is 1. The molecule has 0 radical (unpaired) electrons. The van der Waals surface area contributed by atoms with Gasteiger partial charge in [-0.1, -0.05) is 5.57 Å². The number of amides is 1. The number of aliphatic imine (C=N–C) groups is 1. The third-order valence-corrected chi connectivity index (χ3v) is 2.14. The summed E-state index contributed by atoms with van der Waals surface area (Å²) in [4.78, 5) is 14.8. The lowest BCUT2D eigenvalue weighted by atomic mass is 9.89. The van der Waals surface area contributed by atoms with Gasteiger partial charge in [0, 0.05) is 12.0 Å². The quantitative estimate of drug-likeness (QED) is 0.556. The van der Waals surface area contributed by atoms with Crippen molar-refractivity contribution in [1.82, 2.24) is 0 Å². The maximum Gasteiger partial charge on any atom is 0.269 e. The molecule has 1 aliphatic heterocycles. The van der Waals surface area contributed by atoms with E-state index in [4.69, 9.17) is 0 Å². The van der Waals surface area contributed by atoms with Gasteiger partial charge in [-0.2, -0.15) is 0 Å². The molecule has 0 aromatic heterocycles. The molecular weight excluding hydrogens is 169 g/mol. The van der Waals surface area contributed by atoms with Crippen molar-refractivity contribution in [3.8, 4) is 0 Å². The van der Waals surface area contributed by atoms with E-state index in [2.05, 4.69) is 4.99 Å². The molecule has 0 fully saturated rings. The summed E-state index contributed by atoms with van der Waals surface area (Å²) >= 11 is 0. The third-order valence-electron chi connectivity index (χ3n) is 2.14. The van der Waals surface area contributed by atoms with Gasteiger partial charge in [0.1, 0.15) is 5.83 Å². The lowest BCUT2D eigenvalue weighted by molar-refractivity contribution is -0.113. The van der Waals surface area contributed by atoms with Gasteiger partial charge < -0.3 is 0 Å². The van der Waals surface area contributed by atoms with E-state index in [0.717, 1.165) is 5.57 Å². The van der Waals surface area contributed by atoms with E-state index in [1.165, 1.54) is 18.2 Å². The normalized spacial score (nSPS) is 26.2. The number of hydrogen-bond acceptors (Lipinski definition) is 1. The summed E-state index contributed by atoms with van der Waals surface area (Å²) in [5, 5.41) is 0. The van der Waals surface area contributed by atoms with Crippen molar-refractivity contribution in [3.63, 3.8) is 0 Å². The summed E-state index contributed by atoms with van der Waals surface area (Å²) in [5.41, 5.74) is 1.47. The van der Waals surface area contributed by atoms with Gasteiger partial charge in [0.15, 0.2) is 0 Å². The molecule has 0 aromatic carbocycles. The summed E-state index contributed by atoms with van der Waals surface area (Å²) in [6.07, 6.45) is 5.78. The van der Waals surface area contributed by atoms with Crippen LogP contribution in [-0.2, 0) is 4.79 Å². The minimum absolute atomic E-state index is 0.150. The second kappa shape index (κ2) is 2.76. The van der Waals surface area contributed by atoms with Crippen molar-refractivity contribution < 1.29 is 9.18 Å². The standard InChI is InChI=1S/C10H8FNO/c1-6-4-10(13)12-9-3-2-7(11)5-8(6)9/h2-5,8H,1H3. The second-order valence-electron chi connectivity index (χ2n) is 3.13. The van der Waals surface area contributed by atoms with Crippen LogP contribution in [0.25, 0.3) is 0 Å². The first-order valence-corrected chi connectivity index (χ1v) is 4.03. The molecule has 1 heterocycles. The van der Waals surface area contributed by atoms with Crippen molar-refractivity contribution in [3.05, 3.63) is 35.7 Å². The maximum absolute atomic E-state index is 12.8. The van der Waals surface area contributed by atoms with Crippen molar-refractivity contribution in [1.29, 1.82) is 0 Å². The van der Waals surface area contributed by atoms with Crippen molar-refractivity contribution in [2.24, 2.45) is 10.9 Å². The Bertz CT molecular complexity index is 388. The number of carbonyl (C=O) groups excluding carboxylic acids is 1. The van der Waals surface area contributed by atoms with E-state index in [1.54, 1.807) is 13.0 Å². The molecule has 3 heteroatoms. The summed E-state index contributed by atoms with van der Waals surface area (Å²) in [6.45, 7) is 1.81. The van der Waals surface area contributed by atoms with Crippen molar-refractivity contribution in [2.45, 2.75) is 6.92 Å². The molecule has 0 spiro atoms. The fourth-order valence-electron chi connectivity index (χ4n) is 1.48. The van der Waals surface area contributed by atoms with Gasteiger partial charge in [0.2, 0.25) is 0 Å². The number of hydrogen-bond donors (Lipinski definition) is 0. The van der Waals surface area contributed by atoms with Crippen molar-refractivity contribution in [2.75, 3.05) is 0 Å². The first-order chi connectivity index (χ1) is 6.16. The van der Waals surface area contributed by atoms with Crippen LogP contribution >= 0.6 is 0 Å². The number of fused-ring (bicyclic) bond motifs is 1. The smallest absolute Gasteiger partial charge is 0.267 e. The van der Waals surface area contributed by atoms with Crippen LogP contribution in [0.15, 0.2) is 40.7 Å². The van der Waals surface area contributed by atoms with Gasteiger partial charge in [-0.25, -0.2) is 9.38 Å². The number of rotatable bonds is 0. The SMILES string of the molecule is CC1=CC(=O)N=C2C=CC(F)=CC12. The van der Waals surface area contributed by atoms with Crippen LogP contribution < -0.4 is 0 Å². The van der Waals surface area contributed by atoms with Crippen LogP contribution in [0.5, 0.6) is 0 Å². The van der Waals surface area contributed by atoms with Crippen LogP contribution in [-0.4, -0.2) is 11.6 Å². The number of nitrogens with zero attached hydrogens (tertiary/aromatic N) is 1. The average molecular weight is 177 g/mol. The highest BCUT2D eigenvalue weighted by molar-refractivity contribution is 6.12. The molecule has 0 N–H and O–H groups in total. The Labute approximate surface area is 75.2 Å². The zero-order valence-electron chi connectivity index (χ0n) is 7.12. The van der Waals surface area contributed by atoms with Gasteiger partial charge in [0.05, 0.1) is 5.71 Å². The minimum Gasteiger partial charge on any atom is -0.267 e. The molecule has 0 aromatic rings. The molecule has 1 unspecified atom stereocenters. The lowest BCUT2D eigenvalue weighted by Gasteiger charge is -2.19. The Kier molecular flexibility index (Phi) is 1.72. The van der Waals surface area contributed by atoms with E-state index < -0.39 is 0 Å². The Balaban J connectivity index is 2.44. The summed E-state index contributed by atoms with van der Waals surface area (Å²) in [6, 6.07) is 0. The zero-order valence-corrected chi connectivity index (χ0v) is 7.12. The van der Waals surface area contributed by atoms with Crippen LogP contribution in [0.2, 0.25) is 0 Å². The molecule has 0 saturated carbocycles. The molecule has 1 amide bonds. The molecule has 2 nitrogen and oxygen atoms in total. The maximum atomic E-state index is 12.8. The first kappa shape index (κ1) is 8.10. The number of halogens is 1. The Morgan fingerprint density at radius 1 is 1.46 bits per heavy atom. The molecule has 1 aliphatic carbocycles. The molecule has 0 saturated heterocycles. The largest absolute Gasteiger partial charge is 0.269 e. The summed E-state index contributed by atoms with van der Waals surface area (Å²) in [5.74, 6) is -0.683.